The van der Waals surface area contributed by atoms with E-state index in [1.54, 1.807) is 12.1 Å². The molecule has 0 amide bonds. The number of aliphatic hydroxyl groups excluding tert-OH is 1. The Balaban J connectivity index is 2.41. The molecule has 2 rings (SSSR count). The largest absolute Gasteiger partial charge is 0.388 e. The van der Waals surface area contributed by atoms with Crippen LogP contribution in [0.2, 0.25) is 0 Å². The molecule has 0 radical (unpaired) electrons. The lowest BCUT2D eigenvalue weighted by atomic mass is 10.1. The van der Waals surface area contributed by atoms with Crippen molar-refractivity contribution >= 4 is 5.69 Å². The first-order chi connectivity index (χ1) is 9.52. The lowest BCUT2D eigenvalue weighted by Gasteiger charge is -2.11. The molecule has 20 heavy (non-hydrogen) atoms. The smallest absolute Gasteiger partial charge is 0.269 e. The predicted octanol–water partition coefficient (Wildman–Crippen LogP) is 2.00. The quantitative estimate of drug-likeness (QED) is 0.665. The van der Waals surface area contributed by atoms with Gasteiger partial charge in [0.2, 0.25) is 0 Å². The maximum absolute atomic E-state index is 10.7. The maximum atomic E-state index is 10.7. The van der Waals surface area contributed by atoms with Gasteiger partial charge in [-0.15, -0.1) is 10.2 Å². The van der Waals surface area contributed by atoms with Crippen LogP contribution in [0.4, 0.5) is 5.69 Å². The van der Waals surface area contributed by atoms with E-state index in [2.05, 4.69) is 24.0 Å². The molecule has 106 valence electrons. The Bertz CT molecular complexity index is 605. The Morgan fingerprint density at radius 3 is 2.45 bits per heavy atom. The summed E-state index contributed by atoms with van der Waals surface area (Å²) in [6.45, 7) is 4.60. The van der Waals surface area contributed by atoms with E-state index in [9.17, 15) is 15.2 Å². The van der Waals surface area contributed by atoms with Crippen molar-refractivity contribution in [3.05, 3.63) is 40.2 Å². The zero-order valence-electron chi connectivity index (χ0n) is 11.4. The van der Waals surface area contributed by atoms with Crippen LogP contribution in [-0.2, 0) is 13.2 Å². The molecule has 0 bridgehead atoms. The topological polar surface area (TPSA) is 94.1 Å². The van der Waals surface area contributed by atoms with Crippen LogP contribution in [0.1, 0.15) is 19.7 Å². The fourth-order valence-electron chi connectivity index (χ4n) is 1.96. The summed E-state index contributed by atoms with van der Waals surface area (Å²) >= 11 is 0. The number of nitro benzene ring substituents is 1. The van der Waals surface area contributed by atoms with E-state index in [0.29, 0.717) is 24.1 Å². The van der Waals surface area contributed by atoms with E-state index in [0.717, 1.165) is 5.56 Å². The molecule has 0 fully saturated rings. The second kappa shape index (κ2) is 5.79. The third kappa shape index (κ3) is 2.83. The van der Waals surface area contributed by atoms with Crippen LogP contribution in [0, 0.1) is 16.0 Å². The number of aromatic nitrogens is 3. The van der Waals surface area contributed by atoms with Crippen LogP contribution in [0.5, 0.6) is 0 Å². The first-order valence-electron chi connectivity index (χ1n) is 6.30. The van der Waals surface area contributed by atoms with Gasteiger partial charge in [0, 0.05) is 24.2 Å². The lowest BCUT2D eigenvalue weighted by molar-refractivity contribution is -0.384. The second-order valence-corrected chi connectivity index (χ2v) is 4.91. The summed E-state index contributed by atoms with van der Waals surface area (Å²) in [4.78, 5) is 10.2. The molecule has 0 saturated heterocycles. The van der Waals surface area contributed by atoms with Gasteiger partial charge in [0.15, 0.2) is 11.6 Å². The average Bonchev–Trinajstić information content (AvgIpc) is 2.81. The third-order valence-corrected chi connectivity index (χ3v) is 2.85. The number of rotatable bonds is 5. The van der Waals surface area contributed by atoms with Gasteiger partial charge in [-0.05, 0) is 18.1 Å². The Morgan fingerprint density at radius 1 is 1.30 bits per heavy atom. The minimum atomic E-state index is -0.443. The molecule has 0 saturated carbocycles. The summed E-state index contributed by atoms with van der Waals surface area (Å²) in [6.07, 6.45) is 0. The molecule has 7 heteroatoms. The second-order valence-electron chi connectivity index (χ2n) is 4.91. The highest BCUT2D eigenvalue weighted by atomic mass is 16.6. The number of aliphatic hydroxyl groups is 1. The molecule has 0 atom stereocenters. The van der Waals surface area contributed by atoms with Crippen LogP contribution in [0.25, 0.3) is 11.4 Å². The van der Waals surface area contributed by atoms with Gasteiger partial charge in [0.05, 0.1) is 4.92 Å². The van der Waals surface area contributed by atoms with Crippen molar-refractivity contribution in [1.29, 1.82) is 0 Å². The molecule has 0 spiro atoms. The van der Waals surface area contributed by atoms with E-state index in [4.69, 9.17) is 0 Å². The van der Waals surface area contributed by atoms with Gasteiger partial charge >= 0.3 is 0 Å². The van der Waals surface area contributed by atoms with Crippen molar-refractivity contribution in [2.45, 2.75) is 27.0 Å². The van der Waals surface area contributed by atoms with Crippen molar-refractivity contribution in [1.82, 2.24) is 14.8 Å². The van der Waals surface area contributed by atoms with Crippen molar-refractivity contribution in [2.24, 2.45) is 5.92 Å². The summed E-state index contributed by atoms with van der Waals surface area (Å²) in [5.41, 5.74) is 0.773. The first kappa shape index (κ1) is 14.1. The minimum absolute atomic E-state index is 0.0334. The Hall–Kier alpha value is -2.28. The number of hydrogen-bond acceptors (Lipinski definition) is 5. The summed E-state index contributed by atoms with van der Waals surface area (Å²) in [7, 11) is 0. The van der Waals surface area contributed by atoms with E-state index in [-0.39, 0.29) is 12.3 Å². The summed E-state index contributed by atoms with van der Waals surface area (Å²) < 4.78 is 1.84. The van der Waals surface area contributed by atoms with Crippen molar-refractivity contribution in [3.63, 3.8) is 0 Å². The molecular formula is C13H16N4O3. The summed E-state index contributed by atoms with van der Waals surface area (Å²) in [5, 5.41) is 28.0. The highest BCUT2D eigenvalue weighted by Gasteiger charge is 2.15. The van der Waals surface area contributed by atoms with Gasteiger partial charge in [-0.1, -0.05) is 13.8 Å². The Kier molecular flexibility index (Phi) is 4.09. The standard InChI is InChI=1S/C13H16N4O3/c1-9(2)7-16-12(8-18)14-15-13(16)10-3-5-11(6-4-10)17(19)20/h3-6,9,18H,7-8H2,1-2H3. The fraction of sp³-hybridized carbons (Fsp3) is 0.385. The number of hydrogen-bond donors (Lipinski definition) is 1. The fourth-order valence-corrected chi connectivity index (χ4v) is 1.96. The number of benzene rings is 1. The molecule has 0 aliphatic rings. The summed E-state index contributed by atoms with van der Waals surface area (Å²) in [6, 6.07) is 6.14. The van der Waals surface area contributed by atoms with Crippen LogP contribution < -0.4 is 0 Å². The highest BCUT2D eigenvalue weighted by Crippen LogP contribution is 2.22. The third-order valence-electron chi connectivity index (χ3n) is 2.85. The molecule has 1 heterocycles. The van der Waals surface area contributed by atoms with E-state index < -0.39 is 4.92 Å². The highest BCUT2D eigenvalue weighted by molar-refractivity contribution is 5.57. The minimum Gasteiger partial charge on any atom is -0.388 e. The van der Waals surface area contributed by atoms with Crippen LogP contribution >= 0.6 is 0 Å². The SMILES string of the molecule is CC(C)Cn1c(CO)nnc1-c1ccc([N+](=O)[O-])cc1. The zero-order chi connectivity index (χ0) is 14.7. The van der Waals surface area contributed by atoms with E-state index in [1.807, 2.05) is 4.57 Å². The van der Waals surface area contributed by atoms with Crippen molar-refractivity contribution < 1.29 is 10.0 Å². The predicted molar refractivity (Wildman–Crippen MR) is 72.9 cm³/mol. The summed E-state index contributed by atoms with van der Waals surface area (Å²) in [5.74, 6) is 1.47. The molecule has 0 aliphatic carbocycles. The van der Waals surface area contributed by atoms with Crippen LogP contribution in [-0.4, -0.2) is 24.8 Å². The molecule has 7 nitrogen and oxygen atoms in total. The zero-order valence-corrected chi connectivity index (χ0v) is 11.4. The average molecular weight is 276 g/mol. The molecular weight excluding hydrogens is 260 g/mol. The molecule has 0 unspecified atom stereocenters. The molecule has 1 aromatic carbocycles. The number of nitrogens with zero attached hydrogens (tertiary/aromatic N) is 4. The van der Waals surface area contributed by atoms with Crippen LogP contribution in [0.3, 0.4) is 0 Å². The maximum Gasteiger partial charge on any atom is 0.269 e. The molecule has 2 aromatic rings. The first-order valence-corrected chi connectivity index (χ1v) is 6.30. The van der Waals surface area contributed by atoms with E-state index >= 15 is 0 Å². The van der Waals surface area contributed by atoms with Gasteiger partial charge in [0.1, 0.15) is 6.61 Å². The molecule has 1 N–H and O–H groups in total. The van der Waals surface area contributed by atoms with Crippen molar-refractivity contribution in [2.75, 3.05) is 0 Å². The van der Waals surface area contributed by atoms with Gasteiger partial charge < -0.3 is 9.67 Å². The van der Waals surface area contributed by atoms with Gasteiger partial charge in [-0.25, -0.2) is 0 Å². The van der Waals surface area contributed by atoms with E-state index in [1.165, 1.54) is 12.1 Å². The van der Waals surface area contributed by atoms with Gasteiger partial charge in [0.25, 0.3) is 5.69 Å². The normalized spacial score (nSPS) is 11.0. The molecule has 1 aromatic heterocycles. The Labute approximate surface area is 116 Å². The lowest BCUT2D eigenvalue weighted by Crippen LogP contribution is -2.10. The van der Waals surface area contributed by atoms with Crippen LogP contribution in [0.15, 0.2) is 24.3 Å². The van der Waals surface area contributed by atoms with Gasteiger partial charge in [-0.2, -0.15) is 0 Å². The monoisotopic (exact) mass is 276 g/mol. The Morgan fingerprint density at radius 2 is 1.95 bits per heavy atom. The van der Waals surface area contributed by atoms with Crippen molar-refractivity contribution in [3.8, 4) is 11.4 Å². The number of non-ortho nitro benzene ring substituents is 1. The molecule has 0 aliphatic heterocycles. The number of nitro groups is 1. The van der Waals surface area contributed by atoms with Gasteiger partial charge in [-0.3, -0.25) is 10.1 Å².